The quantitative estimate of drug-likeness (QED) is 0.657. The Morgan fingerprint density at radius 1 is 1.58 bits per heavy atom. The van der Waals surface area contributed by atoms with Crippen LogP contribution in [-0.4, -0.2) is 25.2 Å². The molecule has 0 amide bonds. The predicted octanol–water partition coefficient (Wildman–Crippen LogP) is 2.17. The minimum absolute atomic E-state index is 0.228. The van der Waals surface area contributed by atoms with Crippen LogP contribution in [0.5, 0.6) is 0 Å². The molecule has 1 aliphatic heterocycles. The molecule has 104 valence electrons. The molecule has 0 aliphatic carbocycles. The first kappa shape index (κ1) is 14.3. The highest BCUT2D eigenvalue weighted by Gasteiger charge is 2.14. The Balaban J connectivity index is 1.83. The van der Waals surface area contributed by atoms with Gasteiger partial charge in [-0.3, -0.25) is 0 Å². The van der Waals surface area contributed by atoms with Gasteiger partial charge in [-0.05, 0) is 30.5 Å². The smallest absolute Gasteiger partial charge is 0.189 e. The van der Waals surface area contributed by atoms with Crippen LogP contribution < -0.4 is 11.1 Å². The van der Waals surface area contributed by atoms with E-state index in [1.165, 1.54) is 12.1 Å². The van der Waals surface area contributed by atoms with Crippen LogP contribution in [0.4, 0.5) is 4.39 Å². The summed E-state index contributed by atoms with van der Waals surface area (Å²) in [5, 5.41) is 3.04. The fourth-order valence-corrected chi connectivity index (χ4v) is 2.38. The van der Waals surface area contributed by atoms with Crippen molar-refractivity contribution < 1.29 is 9.13 Å². The van der Waals surface area contributed by atoms with Crippen molar-refractivity contribution in [3.63, 3.8) is 0 Å². The van der Waals surface area contributed by atoms with Gasteiger partial charge in [0.2, 0.25) is 0 Å². The van der Waals surface area contributed by atoms with Gasteiger partial charge < -0.3 is 15.8 Å². The first-order valence-electron chi connectivity index (χ1n) is 6.24. The van der Waals surface area contributed by atoms with E-state index in [2.05, 4.69) is 26.2 Å². The number of nitrogens with one attached hydrogen (secondary N) is 1. The molecule has 1 aromatic carbocycles. The minimum atomic E-state index is -0.274. The molecule has 0 spiro atoms. The fraction of sp³-hybridized carbons (Fsp3) is 0.462. The third-order valence-electron chi connectivity index (χ3n) is 2.97. The highest BCUT2D eigenvalue weighted by Crippen LogP contribution is 2.18. The van der Waals surface area contributed by atoms with E-state index in [0.717, 1.165) is 25.0 Å². The summed E-state index contributed by atoms with van der Waals surface area (Å²) in [5.41, 5.74) is 6.67. The van der Waals surface area contributed by atoms with E-state index in [9.17, 15) is 4.39 Å². The van der Waals surface area contributed by atoms with E-state index in [1.807, 2.05) is 0 Å². The lowest BCUT2D eigenvalue weighted by Gasteiger charge is -2.11. The average molecular weight is 330 g/mol. The van der Waals surface area contributed by atoms with Crippen molar-refractivity contribution in [2.24, 2.45) is 10.7 Å². The summed E-state index contributed by atoms with van der Waals surface area (Å²) in [6.45, 7) is 1.91. The summed E-state index contributed by atoms with van der Waals surface area (Å²) in [5.74, 6) is 0.107. The van der Waals surface area contributed by atoms with Crippen molar-refractivity contribution >= 4 is 21.9 Å². The third-order valence-corrected chi connectivity index (χ3v) is 3.71. The molecule has 1 heterocycles. The molecule has 0 radical (unpaired) electrons. The zero-order chi connectivity index (χ0) is 13.7. The molecule has 1 unspecified atom stereocenters. The van der Waals surface area contributed by atoms with Crippen molar-refractivity contribution in [3.05, 3.63) is 34.1 Å². The molecular weight excluding hydrogens is 313 g/mol. The minimum Gasteiger partial charge on any atom is -0.376 e. The number of aliphatic imine (C=N–C) groups is 1. The first-order valence-corrected chi connectivity index (χ1v) is 7.04. The summed E-state index contributed by atoms with van der Waals surface area (Å²) in [6.07, 6.45) is 2.39. The Labute approximate surface area is 120 Å². The summed E-state index contributed by atoms with van der Waals surface area (Å²) in [6, 6.07) is 4.52. The van der Waals surface area contributed by atoms with Crippen LogP contribution in [0.2, 0.25) is 0 Å². The standard InChI is InChI=1S/C13H17BrFN3O/c14-12-6-10(15)4-3-9(12)7-17-13(16)18-8-11-2-1-5-19-11/h3-4,6,11H,1-2,5,7-8H2,(H3,16,17,18). The molecule has 6 heteroatoms. The predicted molar refractivity (Wildman–Crippen MR) is 76.4 cm³/mol. The molecule has 1 aromatic rings. The molecule has 4 nitrogen and oxygen atoms in total. The maximum atomic E-state index is 12.9. The second kappa shape index (κ2) is 6.86. The number of hydrogen-bond acceptors (Lipinski definition) is 2. The molecule has 3 N–H and O–H groups in total. The highest BCUT2D eigenvalue weighted by molar-refractivity contribution is 9.10. The Morgan fingerprint density at radius 3 is 3.11 bits per heavy atom. The molecule has 1 aliphatic rings. The van der Waals surface area contributed by atoms with E-state index in [0.29, 0.717) is 23.5 Å². The number of nitrogens with zero attached hydrogens (tertiary/aromatic N) is 1. The topological polar surface area (TPSA) is 59.6 Å². The lowest BCUT2D eigenvalue weighted by atomic mass is 10.2. The van der Waals surface area contributed by atoms with Crippen LogP contribution in [0.25, 0.3) is 0 Å². The van der Waals surface area contributed by atoms with Crippen molar-refractivity contribution in [1.29, 1.82) is 0 Å². The van der Waals surface area contributed by atoms with E-state index >= 15 is 0 Å². The number of guanidine groups is 1. The van der Waals surface area contributed by atoms with Crippen molar-refractivity contribution in [2.45, 2.75) is 25.5 Å². The van der Waals surface area contributed by atoms with E-state index in [4.69, 9.17) is 10.5 Å². The molecule has 2 rings (SSSR count). The van der Waals surface area contributed by atoms with Crippen LogP contribution in [0.3, 0.4) is 0 Å². The summed E-state index contributed by atoms with van der Waals surface area (Å²) in [7, 11) is 0. The monoisotopic (exact) mass is 329 g/mol. The van der Waals surface area contributed by atoms with E-state index in [1.54, 1.807) is 6.07 Å². The van der Waals surface area contributed by atoms with Crippen molar-refractivity contribution in [1.82, 2.24) is 5.32 Å². The summed E-state index contributed by atoms with van der Waals surface area (Å²) in [4.78, 5) is 4.22. The van der Waals surface area contributed by atoms with Gasteiger partial charge >= 0.3 is 0 Å². The van der Waals surface area contributed by atoms with E-state index in [-0.39, 0.29) is 11.9 Å². The summed E-state index contributed by atoms with van der Waals surface area (Å²) < 4.78 is 19.1. The van der Waals surface area contributed by atoms with Gasteiger partial charge in [0.05, 0.1) is 12.6 Å². The zero-order valence-corrected chi connectivity index (χ0v) is 12.1. The number of ether oxygens (including phenoxy) is 1. The fourth-order valence-electron chi connectivity index (χ4n) is 1.90. The molecule has 0 bridgehead atoms. The van der Waals surface area contributed by atoms with Gasteiger partial charge in [-0.25, -0.2) is 9.38 Å². The van der Waals surface area contributed by atoms with Crippen LogP contribution in [0.1, 0.15) is 18.4 Å². The lowest BCUT2D eigenvalue weighted by molar-refractivity contribution is 0.114. The van der Waals surface area contributed by atoms with Gasteiger partial charge in [-0.15, -0.1) is 0 Å². The molecule has 1 atom stereocenters. The Kier molecular flexibility index (Phi) is 5.15. The number of hydrogen-bond donors (Lipinski definition) is 2. The summed E-state index contributed by atoms with van der Waals surface area (Å²) >= 11 is 3.30. The molecular formula is C13H17BrFN3O. The first-order chi connectivity index (χ1) is 9.15. The van der Waals surface area contributed by atoms with Crippen molar-refractivity contribution in [3.8, 4) is 0 Å². The average Bonchev–Trinajstić information content (AvgIpc) is 2.88. The van der Waals surface area contributed by atoms with Crippen LogP contribution in [0.15, 0.2) is 27.7 Å². The zero-order valence-electron chi connectivity index (χ0n) is 10.5. The molecule has 0 saturated carbocycles. The van der Waals surface area contributed by atoms with Crippen LogP contribution >= 0.6 is 15.9 Å². The molecule has 0 aromatic heterocycles. The van der Waals surface area contributed by atoms with Crippen LogP contribution in [0, 0.1) is 5.82 Å². The van der Waals surface area contributed by atoms with Gasteiger partial charge in [0.15, 0.2) is 5.96 Å². The molecule has 1 fully saturated rings. The maximum Gasteiger partial charge on any atom is 0.189 e. The number of nitrogens with two attached hydrogens (primary N) is 1. The normalized spacial score (nSPS) is 19.7. The van der Waals surface area contributed by atoms with Gasteiger partial charge in [-0.1, -0.05) is 22.0 Å². The van der Waals surface area contributed by atoms with Gasteiger partial charge in [0.25, 0.3) is 0 Å². The Bertz CT molecular complexity index is 461. The largest absolute Gasteiger partial charge is 0.376 e. The second-order valence-electron chi connectivity index (χ2n) is 4.45. The van der Waals surface area contributed by atoms with E-state index < -0.39 is 0 Å². The third kappa shape index (κ3) is 4.47. The van der Waals surface area contributed by atoms with Gasteiger partial charge in [-0.2, -0.15) is 0 Å². The number of rotatable bonds is 4. The number of benzene rings is 1. The maximum absolute atomic E-state index is 12.9. The Hall–Kier alpha value is -1.14. The Morgan fingerprint density at radius 2 is 2.42 bits per heavy atom. The SMILES string of the molecule is NC(=NCc1ccc(F)cc1Br)NCC1CCCO1. The van der Waals surface area contributed by atoms with Gasteiger partial charge in [0.1, 0.15) is 5.82 Å². The van der Waals surface area contributed by atoms with Crippen LogP contribution in [-0.2, 0) is 11.3 Å². The van der Waals surface area contributed by atoms with Crippen molar-refractivity contribution in [2.75, 3.05) is 13.2 Å². The van der Waals surface area contributed by atoms with Gasteiger partial charge in [0, 0.05) is 17.6 Å². The molecule has 1 saturated heterocycles. The number of halogens is 2. The second-order valence-corrected chi connectivity index (χ2v) is 5.31. The molecule has 19 heavy (non-hydrogen) atoms. The lowest BCUT2D eigenvalue weighted by Crippen LogP contribution is -2.37. The highest BCUT2D eigenvalue weighted by atomic mass is 79.9.